The summed E-state index contributed by atoms with van der Waals surface area (Å²) in [6.07, 6.45) is 4.07. The molecule has 3 nitrogen and oxygen atoms in total. The van der Waals surface area contributed by atoms with Gasteiger partial charge >= 0.3 is 0 Å². The summed E-state index contributed by atoms with van der Waals surface area (Å²) in [5, 5.41) is 17.0. The first kappa shape index (κ1) is 11.4. The lowest BCUT2D eigenvalue weighted by atomic mass is 10.3. The van der Waals surface area contributed by atoms with E-state index >= 15 is 0 Å². The quantitative estimate of drug-likeness (QED) is 0.718. The van der Waals surface area contributed by atoms with Crippen LogP contribution in [0.4, 0.5) is 0 Å². The number of nitrogens with zero attached hydrogens (tertiary/aromatic N) is 2. The number of hydrogen-bond donors (Lipinski definition) is 1. The van der Waals surface area contributed by atoms with Gasteiger partial charge in [0.15, 0.2) is 0 Å². The Morgan fingerprint density at radius 2 is 2.08 bits per heavy atom. The molecule has 0 aliphatic heterocycles. The molecule has 3 heteroatoms. The minimum absolute atomic E-state index is 0.206. The maximum absolute atomic E-state index is 8.78. The van der Waals surface area contributed by atoms with Gasteiger partial charge in [0.2, 0.25) is 5.88 Å². The van der Waals surface area contributed by atoms with Gasteiger partial charge in [0.1, 0.15) is 11.6 Å². The smallest absolute Gasteiger partial charge is 0.229 e. The fourth-order valence-electron chi connectivity index (χ4n) is 0.484. The van der Waals surface area contributed by atoms with Gasteiger partial charge in [0.25, 0.3) is 0 Å². The minimum atomic E-state index is -0.208. The van der Waals surface area contributed by atoms with Crippen LogP contribution in [0.25, 0.3) is 0 Å². The molecule has 0 saturated carbocycles. The van der Waals surface area contributed by atoms with E-state index in [9.17, 15) is 0 Å². The van der Waals surface area contributed by atoms with Gasteiger partial charge in [-0.25, -0.2) is 4.98 Å². The zero-order valence-corrected chi connectivity index (χ0v) is 7.99. The van der Waals surface area contributed by atoms with E-state index in [2.05, 4.69) is 18.8 Å². The van der Waals surface area contributed by atoms with Crippen LogP contribution in [0.3, 0.4) is 0 Å². The van der Waals surface area contributed by atoms with Crippen LogP contribution in [-0.2, 0) is 0 Å². The number of aromatic nitrogens is 1. The molecule has 0 radical (unpaired) electrons. The number of pyridine rings is 1. The number of unbranched alkanes of at least 4 members (excludes halogenated alkanes) is 1. The average molecular weight is 178 g/mol. The summed E-state index contributed by atoms with van der Waals surface area (Å²) in [6, 6.07) is 4.88. The van der Waals surface area contributed by atoms with Crippen molar-refractivity contribution in [1.82, 2.24) is 4.98 Å². The minimum Gasteiger partial charge on any atom is -0.492 e. The van der Waals surface area contributed by atoms with Crippen molar-refractivity contribution >= 4 is 0 Å². The number of nitriles is 1. The molecule has 1 aromatic rings. The maximum Gasteiger partial charge on any atom is 0.229 e. The number of rotatable bonds is 1. The molecular formula is C10H14N2O. The Hall–Kier alpha value is -1.56. The molecule has 0 aliphatic rings. The lowest BCUT2D eigenvalue weighted by Gasteiger charge is -1.88. The summed E-state index contributed by atoms with van der Waals surface area (Å²) in [6.45, 7) is 4.36. The highest BCUT2D eigenvalue weighted by Gasteiger charge is 1.95. The van der Waals surface area contributed by atoms with E-state index in [-0.39, 0.29) is 11.4 Å². The van der Waals surface area contributed by atoms with Crippen LogP contribution in [0.5, 0.6) is 5.88 Å². The molecule has 0 aliphatic carbocycles. The van der Waals surface area contributed by atoms with Gasteiger partial charge in [0, 0.05) is 6.20 Å². The molecule has 1 aromatic heterocycles. The fraction of sp³-hybridized carbons (Fsp3) is 0.400. The zero-order valence-electron chi connectivity index (χ0n) is 7.99. The fourth-order valence-corrected chi connectivity index (χ4v) is 0.484. The summed E-state index contributed by atoms with van der Waals surface area (Å²) >= 11 is 0. The van der Waals surface area contributed by atoms with Crippen LogP contribution < -0.4 is 0 Å². The first-order chi connectivity index (χ1) is 6.26. The van der Waals surface area contributed by atoms with Crippen molar-refractivity contribution in [2.75, 3.05) is 0 Å². The molecule has 13 heavy (non-hydrogen) atoms. The first-order valence-electron chi connectivity index (χ1n) is 4.30. The lowest BCUT2D eigenvalue weighted by Crippen LogP contribution is -1.77. The molecule has 0 amide bonds. The predicted octanol–water partition coefficient (Wildman–Crippen LogP) is 2.47. The Morgan fingerprint density at radius 3 is 2.38 bits per heavy atom. The first-order valence-corrected chi connectivity index (χ1v) is 4.30. The van der Waals surface area contributed by atoms with E-state index in [1.165, 1.54) is 25.1 Å². The molecule has 0 spiro atoms. The highest BCUT2D eigenvalue weighted by atomic mass is 16.3. The van der Waals surface area contributed by atoms with E-state index in [0.717, 1.165) is 0 Å². The molecule has 0 fully saturated rings. The maximum atomic E-state index is 8.78. The van der Waals surface area contributed by atoms with Crippen molar-refractivity contribution in [3.05, 3.63) is 23.9 Å². The molecule has 0 saturated heterocycles. The second kappa shape index (κ2) is 7.11. The van der Waals surface area contributed by atoms with Crippen LogP contribution in [0.15, 0.2) is 18.3 Å². The summed E-state index contributed by atoms with van der Waals surface area (Å²) in [4.78, 5) is 3.48. The Labute approximate surface area is 78.7 Å². The van der Waals surface area contributed by atoms with Crippen molar-refractivity contribution in [3.8, 4) is 11.9 Å². The van der Waals surface area contributed by atoms with E-state index in [0.29, 0.717) is 0 Å². The van der Waals surface area contributed by atoms with Gasteiger partial charge in [-0.2, -0.15) is 5.26 Å². The van der Waals surface area contributed by atoms with Crippen molar-refractivity contribution in [2.24, 2.45) is 0 Å². The van der Waals surface area contributed by atoms with Crippen molar-refractivity contribution in [3.63, 3.8) is 0 Å². The van der Waals surface area contributed by atoms with Gasteiger partial charge in [-0.05, 0) is 12.1 Å². The summed E-state index contributed by atoms with van der Waals surface area (Å²) in [7, 11) is 0. The summed E-state index contributed by atoms with van der Waals surface area (Å²) in [5.74, 6) is -0.208. The number of hydrogen-bond acceptors (Lipinski definition) is 3. The van der Waals surface area contributed by atoms with Crippen LogP contribution in [0, 0.1) is 11.3 Å². The third-order valence-electron chi connectivity index (χ3n) is 1.41. The Morgan fingerprint density at radius 1 is 1.46 bits per heavy atom. The van der Waals surface area contributed by atoms with E-state index in [1.54, 1.807) is 12.1 Å². The zero-order chi connectivity index (χ0) is 10.1. The van der Waals surface area contributed by atoms with Gasteiger partial charge < -0.3 is 5.11 Å². The second-order valence-corrected chi connectivity index (χ2v) is 2.49. The SMILES string of the molecule is CCCC.N#Cc1cccnc1O. The third-order valence-corrected chi connectivity index (χ3v) is 1.41. The highest BCUT2D eigenvalue weighted by molar-refractivity contribution is 5.35. The molecular weight excluding hydrogens is 164 g/mol. The third kappa shape index (κ3) is 4.81. The Balaban J connectivity index is 0.000000310. The van der Waals surface area contributed by atoms with Gasteiger partial charge in [0.05, 0.1) is 0 Å². The Kier molecular flexibility index (Phi) is 6.26. The molecule has 0 atom stereocenters. The van der Waals surface area contributed by atoms with Crippen LogP contribution >= 0.6 is 0 Å². The monoisotopic (exact) mass is 178 g/mol. The standard InChI is InChI=1S/C6H4N2O.C4H10/c7-4-5-2-1-3-8-6(5)9;1-3-4-2/h1-3H,(H,8,9);3-4H2,1-2H3. The lowest BCUT2D eigenvalue weighted by molar-refractivity contribution is 0.451. The van der Waals surface area contributed by atoms with E-state index in [4.69, 9.17) is 10.4 Å². The van der Waals surface area contributed by atoms with Gasteiger partial charge in [-0.3, -0.25) is 0 Å². The van der Waals surface area contributed by atoms with Crippen molar-refractivity contribution in [2.45, 2.75) is 26.7 Å². The molecule has 1 rings (SSSR count). The Bertz CT molecular complexity index is 276. The predicted molar refractivity (Wildman–Crippen MR) is 51.2 cm³/mol. The van der Waals surface area contributed by atoms with Crippen LogP contribution in [0.2, 0.25) is 0 Å². The van der Waals surface area contributed by atoms with Crippen molar-refractivity contribution < 1.29 is 5.11 Å². The molecule has 0 bridgehead atoms. The largest absolute Gasteiger partial charge is 0.492 e. The normalized spacial score (nSPS) is 8.08. The average Bonchev–Trinajstić information content (AvgIpc) is 2.19. The highest BCUT2D eigenvalue weighted by Crippen LogP contribution is 2.08. The second-order valence-electron chi connectivity index (χ2n) is 2.49. The van der Waals surface area contributed by atoms with Crippen LogP contribution in [0.1, 0.15) is 32.3 Å². The molecule has 0 unspecified atom stereocenters. The van der Waals surface area contributed by atoms with E-state index in [1.807, 2.05) is 0 Å². The summed E-state index contributed by atoms with van der Waals surface area (Å²) < 4.78 is 0. The van der Waals surface area contributed by atoms with E-state index < -0.39 is 0 Å². The molecule has 1 heterocycles. The van der Waals surface area contributed by atoms with Gasteiger partial charge in [-0.15, -0.1) is 0 Å². The molecule has 70 valence electrons. The summed E-state index contributed by atoms with van der Waals surface area (Å²) in [5.41, 5.74) is 0.206. The molecule has 0 aromatic carbocycles. The molecule has 1 N–H and O–H groups in total. The van der Waals surface area contributed by atoms with Crippen LogP contribution in [-0.4, -0.2) is 10.1 Å². The van der Waals surface area contributed by atoms with Crippen molar-refractivity contribution in [1.29, 1.82) is 5.26 Å². The topological polar surface area (TPSA) is 56.9 Å². The number of aromatic hydroxyl groups is 1. The van der Waals surface area contributed by atoms with Gasteiger partial charge in [-0.1, -0.05) is 26.7 Å².